The molecule has 18 heavy (non-hydrogen) atoms. The first-order chi connectivity index (χ1) is 8.76. The van der Waals surface area contributed by atoms with Gasteiger partial charge in [0.15, 0.2) is 0 Å². The van der Waals surface area contributed by atoms with E-state index in [2.05, 4.69) is 50.4 Å². The molecule has 0 heterocycles. The van der Waals surface area contributed by atoms with Crippen LogP contribution >= 0.6 is 0 Å². The molecular weight excluding hydrogens is 222 g/mol. The summed E-state index contributed by atoms with van der Waals surface area (Å²) in [6.07, 6.45) is 2.32. The van der Waals surface area contributed by atoms with E-state index in [-0.39, 0.29) is 5.41 Å². The fraction of sp³-hybridized carbons (Fsp3) is 0.625. The first-order valence-corrected chi connectivity index (χ1v) is 7.08. The molecule has 0 atom stereocenters. The Morgan fingerprint density at radius 3 is 2.28 bits per heavy atom. The Balaban J connectivity index is 2.42. The van der Waals surface area contributed by atoms with Gasteiger partial charge in [-0.2, -0.15) is 0 Å². The first-order valence-electron chi connectivity index (χ1n) is 7.08. The van der Waals surface area contributed by atoms with E-state index in [1.165, 1.54) is 5.56 Å². The summed E-state index contributed by atoms with van der Waals surface area (Å²) in [5, 5.41) is 3.46. The van der Waals surface area contributed by atoms with Crippen LogP contribution in [0.4, 0.5) is 0 Å². The second kappa shape index (κ2) is 8.28. The second-order valence-corrected chi connectivity index (χ2v) is 4.97. The van der Waals surface area contributed by atoms with E-state index >= 15 is 0 Å². The highest BCUT2D eigenvalue weighted by Crippen LogP contribution is 2.26. The third-order valence-corrected chi connectivity index (χ3v) is 3.77. The van der Waals surface area contributed by atoms with Crippen molar-refractivity contribution in [1.82, 2.24) is 5.32 Å². The van der Waals surface area contributed by atoms with Gasteiger partial charge in [-0.05, 0) is 24.9 Å². The summed E-state index contributed by atoms with van der Waals surface area (Å²) in [6.45, 7) is 10.3. The molecule has 1 aromatic carbocycles. The molecule has 0 radical (unpaired) electrons. The van der Waals surface area contributed by atoms with E-state index in [1.54, 1.807) is 0 Å². The smallest absolute Gasteiger partial charge is 0.0717 e. The third kappa shape index (κ3) is 4.79. The molecular formula is C16H27NO. The van der Waals surface area contributed by atoms with E-state index in [0.29, 0.717) is 6.61 Å². The summed E-state index contributed by atoms with van der Waals surface area (Å²) in [4.78, 5) is 0. The van der Waals surface area contributed by atoms with Crippen molar-refractivity contribution >= 4 is 0 Å². The lowest BCUT2D eigenvalue weighted by molar-refractivity contribution is 0.0283. The molecule has 0 fully saturated rings. The number of rotatable bonds is 9. The van der Waals surface area contributed by atoms with Gasteiger partial charge in [0.2, 0.25) is 0 Å². The highest BCUT2D eigenvalue weighted by molar-refractivity contribution is 5.13. The van der Waals surface area contributed by atoms with Crippen LogP contribution in [0.1, 0.15) is 39.2 Å². The third-order valence-electron chi connectivity index (χ3n) is 3.77. The molecule has 1 rings (SSSR count). The van der Waals surface area contributed by atoms with Gasteiger partial charge in [-0.15, -0.1) is 0 Å². The minimum absolute atomic E-state index is 0.283. The molecule has 0 aliphatic heterocycles. The van der Waals surface area contributed by atoms with Crippen molar-refractivity contribution in [3.63, 3.8) is 0 Å². The predicted octanol–water partition coefficient (Wildman–Crippen LogP) is 3.62. The van der Waals surface area contributed by atoms with Crippen molar-refractivity contribution in [2.75, 3.05) is 19.7 Å². The molecule has 0 unspecified atom stereocenters. The minimum Gasteiger partial charge on any atom is -0.376 e. The maximum absolute atomic E-state index is 5.92. The fourth-order valence-electron chi connectivity index (χ4n) is 2.10. The van der Waals surface area contributed by atoms with E-state index in [4.69, 9.17) is 4.74 Å². The molecule has 0 saturated heterocycles. The summed E-state index contributed by atoms with van der Waals surface area (Å²) >= 11 is 0. The van der Waals surface area contributed by atoms with Crippen molar-refractivity contribution in [1.29, 1.82) is 0 Å². The summed E-state index contributed by atoms with van der Waals surface area (Å²) in [5.74, 6) is 0. The van der Waals surface area contributed by atoms with Crippen LogP contribution in [0.3, 0.4) is 0 Å². The molecule has 0 spiro atoms. The van der Waals surface area contributed by atoms with Gasteiger partial charge in [-0.25, -0.2) is 0 Å². The van der Waals surface area contributed by atoms with Gasteiger partial charge in [-0.1, -0.05) is 51.1 Å². The molecule has 0 saturated carbocycles. The average molecular weight is 249 g/mol. The zero-order valence-corrected chi connectivity index (χ0v) is 12.0. The average Bonchev–Trinajstić information content (AvgIpc) is 2.44. The van der Waals surface area contributed by atoms with Gasteiger partial charge in [0.25, 0.3) is 0 Å². The number of hydrogen-bond acceptors (Lipinski definition) is 2. The van der Waals surface area contributed by atoms with Crippen LogP contribution in [0.2, 0.25) is 0 Å². The van der Waals surface area contributed by atoms with Gasteiger partial charge >= 0.3 is 0 Å². The van der Waals surface area contributed by atoms with Gasteiger partial charge in [0, 0.05) is 12.0 Å². The number of ether oxygens (including phenoxy) is 1. The van der Waals surface area contributed by atoms with Crippen LogP contribution in [-0.4, -0.2) is 19.7 Å². The maximum atomic E-state index is 5.92. The lowest BCUT2D eigenvalue weighted by atomic mass is 9.83. The summed E-state index contributed by atoms with van der Waals surface area (Å²) in [6, 6.07) is 10.4. The van der Waals surface area contributed by atoms with E-state index < -0.39 is 0 Å². The highest BCUT2D eigenvalue weighted by Gasteiger charge is 2.25. The standard InChI is InChI=1S/C16H27NO/c1-4-16(5-2,13-17-6-3)14-18-12-15-10-8-7-9-11-15/h7-11,17H,4-6,12-14H2,1-3H3. The lowest BCUT2D eigenvalue weighted by Crippen LogP contribution is -2.37. The van der Waals surface area contributed by atoms with Crippen LogP contribution in [0.25, 0.3) is 0 Å². The van der Waals surface area contributed by atoms with Crippen LogP contribution in [0.15, 0.2) is 30.3 Å². The number of benzene rings is 1. The van der Waals surface area contributed by atoms with Crippen molar-refractivity contribution < 1.29 is 4.74 Å². The molecule has 0 aliphatic carbocycles. The highest BCUT2D eigenvalue weighted by atomic mass is 16.5. The van der Waals surface area contributed by atoms with Crippen molar-refractivity contribution in [2.24, 2.45) is 5.41 Å². The Morgan fingerprint density at radius 1 is 1.06 bits per heavy atom. The fourth-order valence-corrected chi connectivity index (χ4v) is 2.10. The van der Waals surface area contributed by atoms with Gasteiger partial charge in [-0.3, -0.25) is 0 Å². The van der Waals surface area contributed by atoms with Gasteiger partial charge < -0.3 is 10.1 Å². The van der Waals surface area contributed by atoms with Crippen molar-refractivity contribution in [2.45, 2.75) is 40.2 Å². The monoisotopic (exact) mass is 249 g/mol. The second-order valence-electron chi connectivity index (χ2n) is 4.97. The lowest BCUT2D eigenvalue weighted by Gasteiger charge is -2.31. The summed E-state index contributed by atoms with van der Waals surface area (Å²) in [5.41, 5.74) is 1.53. The van der Waals surface area contributed by atoms with Crippen LogP contribution in [0.5, 0.6) is 0 Å². The quantitative estimate of drug-likeness (QED) is 0.721. The Labute approximate surface area is 112 Å². The molecule has 2 heteroatoms. The largest absolute Gasteiger partial charge is 0.376 e. The number of nitrogens with one attached hydrogen (secondary N) is 1. The van der Waals surface area contributed by atoms with Crippen LogP contribution in [0, 0.1) is 5.41 Å². The Kier molecular flexibility index (Phi) is 6.99. The Morgan fingerprint density at radius 2 is 1.72 bits per heavy atom. The van der Waals surface area contributed by atoms with E-state index in [1.807, 2.05) is 6.07 Å². The zero-order valence-electron chi connectivity index (χ0n) is 12.0. The zero-order chi connectivity index (χ0) is 13.3. The van der Waals surface area contributed by atoms with Gasteiger partial charge in [0.05, 0.1) is 13.2 Å². The molecule has 1 aromatic rings. The van der Waals surface area contributed by atoms with Gasteiger partial charge in [0.1, 0.15) is 0 Å². The van der Waals surface area contributed by atoms with Crippen molar-refractivity contribution in [3.8, 4) is 0 Å². The molecule has 2 nitrogen and oxygen atoms in total. The Hall–Kier alpha value is -0.860. The molecule has 0 amide bonds. The van der Waals surface area contributed by atoms with Crippen LogP contribution in [-0.2, 0) is 11.3 Å². The maximum Gasteiger partial charge on any atom is 0.0717 e. The normalized spacial score (nSPS) is 11.7. The molecule has 102 valence electrons. The molecule has 0 aromatic heterocycles. The van der Waals surface area contributed by atoms with E-state index in [0.717, 1.165) is 32.5 Å². The predicted molar refractivity (Wildman–Crippen MR) is 77.7 cm³/mol. The minimum atomic E-state index is 0.283. The van der Waals surface area contributed by atoms with E-state index in [9.17, 15) is 0 Å². The Bertz CT molecular complexity index is 306. The molecule has 0 aliphatic rings. The molecule has 0 bridgehead atoms. The number of hydrogen-bond donors (Lipinski definition) is 1. The summed E-state index contributed by atoms with van der Waals surface area (Å²) in [7, 11) is 0. The van der Waals surface area contributed by atoms with Crippen LogP contribution < -0.4 is 5.32 Å². The van der Waals surface area contributed by atoms with Crippen molar-refractivity contribution in [3.05, 3.63) is 35.9 Å². The summed E-state index contributed by atoms with van der Waals surface area (Å²) < 4.78 is 5.92. The SMILES string of the molecule is CCNCC(CC)(CC)COCc1ccccc1. The first kappa shape index (κ1) is 15.2. The topological polar surface area (TPSA) is 21.3 Å². The molecule has 1 N–H and O–H groups in total.